The molecule has 0 aromatic heterocycles. The van der Waals surface area contributed by atoms with Crippen LogP contribution in [-0.2, 0) is 0 Å². The fourth-order valence-corrected chi connectivity index (χ4v) is 1.50. The molecule has 0 unspecified atom stereocenters. The zero-order valence-corrected chi connectivity index (χ0v) is 13.9. The maximum Gasteiger partial charge on any atom is 0.200 e. The lowest BCUT2D eigenvalue weighted by molar-refractivity contribution is 0.301. The summed E-state index contributed by atoms with van der Waals surface area (Å²) in [7, 11) is 4.09. The van der Waals surface area contributed by atoms with Gasteiger partial charge in [0.05, 0.1) is 0 Å². The van der Waals surface area contributed by atoms with Gasteiger partial charge in [-0.3, -0.25) is 0 Å². The van der Waals surface area contributed by atoms with E-state index in [9.17, 15) is 0 Å². The maximum absolute atomic E-state index is 4.57. The molecule has 0 N–H and O–H groups in total. The highest BCUT2D eigenvalue weighted by Crippen LogP contribution is 2.07. The number of aliphatic imine (C=N–C) groups is 1. The van der Waals surface area contributed by atoms with Gasteiger partial charge in [0.1, 0.15) is 0 Å². The van der Waals surface area contributed by atoms with Gasteiger partial charge in [0.25, 0.3) is 0 Å². The van der Waals surface area contributed by atoms with Crippen LogP contribution in [0.3, 0.4) is 0 Å². The van der Waals surface area contributed by atoms with Crippen molar-refractivity contribution in [3.63, 3.8) is 0 Å². The Hall–Kier alpha value is -0.990. The van der Waals surface area contributed by atoms with Crippen LogP contribution in [0.4, 0.5) is 0 Å². The van der Waals surface area contributed by atoms with Crippen LogP contribution >= 0.6 is 0 Å². The molecule has 0 aliphatic carbocycles. The fraction of sp³-hybridized carbons (Fsp3) is 0.800. The van der Waals surface area contributed by atoms with Crippen molar-refractivity contribution in [1.82, 2.24) is 9.80 Å². The van der Waals surface area contributed by atoms with Crippen LogP contribution in [0, 0.1) is 0 Å². The molecule has 0 fully saturated rings. The molecule has 0 amide bonds. The first-order valence-corrected chi connectivity index (χ1v) is 7.09. The van der Waals surface area contributed by atoms with Crippen LogP contribution in [0.15, 0.2) is 16.8 Å². The molecule has 3 heteroatoms. The summed E-state index contributed by atoms with van der Waals surface area (Å²) in [6.45, 7) is 15.7. The Balaban J connectivity index is 0. The smallest absolute Gasteiger partial charge is 0.200 e. The Bertz CT molecular complexity index is 250. The number of rotatable bonds is 4. The lowest BCUT2D eigenvalue weighted by Gasteiger charge is -2.33. The topological polar surface area (TPSA) is 18.8 Å². The van der Waals surface area contributed by atoms with Crippen LogP contribution in [0.1, 0.15) is 54.9 Å². The van der Waals surface area contributed by atoms with E-state index in [1.165, 1.54) is 5.57 Å². The molecule has 0 rings (SSSR count). The van der Waals surface area contributed by atoms with Crippen molar-refractivity contribution in [2.75, 3.05) is 20.6 Å². The summed E-state index contributed by atoms with van der Waals surface area (Å²) in [5, 5.41) is 0. The Morgan fingerprint density at radius 2 is 1.67 bits per heavy atom. The minimum Gasteiger partial charge on any atom is -0.349 e. The molecule has 0 saturated heterocycles. The van der Waals surface area contributed by atoms with Gasteiger partial charge in [-0.15, -0.1) is 0 Å². The molecule has 0 aliphatic heterocycles. The molecule has 1 atom stereocenters. The van der Waals surface area contributed by atoms with Crippen molar-refractivity contribution >= 4 is 5.96 Å². The normalized spacial score (nSPS) is 12.2. The van der Waals surface area contributed by atoms with Gasteiger partial charge < -0.3 is 9.80 Å². The van der Waals surface area contributed by atoms with E-state index in [0.717, 1.165) is 18.9 Å². The van der Waals surface area contributed by atoms with E-state index in [-0.39, 0.29) is 0 Å². The fourth-order valence-electron chi connectivity index (χ4n) is 1.50. The molecular weight excluding hydrogens is 222 g/mol. The Morgan fingerprint density at radius 3 is 1.94 bits per heavy atom. The summed E-state index contributed by atoms with van der Waals surface area (Å²) >= 11 is 0. The van der Waals surface area contributed by atoms with Gasteiger partial charge in [0, 0.05) is 32.9 Å². The molecule has 0 heterocycles. The van der Waals surface area contributed by atoms with Crippen LogP contribution in [0.25, 0.3) is 0 Å². The van der Waals surface area contributed by atoms with E-state index >= 15 is 0 Å². The number of hydrogen-bond acceptors (Lipinski definition) is 1. The Kier molecular flexibility index (Phi) is 12.0. The van der Waals surface area contributed by atoms with E-state index in [2.05, 4.69) is 49.4 Å². The lowest BCUT2D eigenvalue weighted by atomic mass is 10.2. The predicted octanol–water partition coefficient (Wildman–Crippen LogP) is 3.97. The van der Waals surface area contributed by atoms with Gasteiger partial charge in [-0.1, -0.05) is 26.3 Å². The number of guanidine groups is 1. The highest BCUT2D eigenvalue weighted by atomic mass is 15.4. The Morgan fingerprint density at radius 1 is 1.17 bits per heavy atom. The number of hydrogen-bond donors (Lipinski definition) is 0. The SMILES string of the molecule is CC.CC[C@H](C)N(CC)C(=NC=C(C)C)N(C)C. The standard InChI is InChI=1S/C13H27N3.C2H6/c1-8-12(5)16(9-2)13(15(6)7)14-10-11(3)4;1-2/h10,12H,8-9H2,1-7H3;1-2H3/t12-;/m0./s1. The largest absolute Gasteiger partial charge is 0.349 e. The molecule has 18 heavy (non-hydrogen) atoms. The number of allylic oxidation sites excluding steroid dienone is 1. The van der Waals surface area contributed by atoms with Gasteiger partial charge >= 0.3 is 0 Å². The van der Waals surface area contributed by atoms with Crippen LogP contribution in [0.5, 0.6) is 0 Å². The lowest BCUT2D eigenvalue weighted by Crippen LogP contribution is -2.45. The molecular formula is C15H33N3. The van der Waals surface area contributed by atoms with Crippen molar-refractivity contribution in [2.24, 2.45) is 4.99 Å². The predicted molar refractivity (Wildman–Crippen MR) is 84.0 cm³/mol. The highest BCUT2D eigenvalue weighted by Gasteiger charge is 2.16. The van der Waals surface area contributed by atoms with Crippen LogP contribution < -0.4 is 0 Å². The molecule has 3 nitrogen and oxygen atoms in total. The molecule has 0 aromatic rings. The summed E-state index contributed by atoms with van der Waals surface area (Å²) in [5.41, 5.74) is 1.22. The molecule has 108 valence electrons. The van der Waals surface area contributed by atoms with Crippen molar-refractivity contribution in [2.45, 2.75) is 60.9 Å². The maximum atomic E-state index is 4.57. The summed E-state index contributed by atoms with van der Waals surface area (Å²) in [4.78, 5) is 8.98. The van der Waals surface area contributed by atoms with E-state index in [0.29, 0.717) is 6.04 Å². The van der Waals surface area contributed by atoms with Crippen molar-refractivity contribution < 1.29 is 0 Å². The molecule has 0 aromatic carbocycles. The van der Waals surface area contributed by atoms with Gasteiger partial charge in [0.2, 0.25) is 5.96 Å². The first-order valence-electron chi connectivity index (χ1n) is 7.09. The van der Waals surface area contributed by atoms with Crippen molar-refractivity contribution in [3.05, 3.63) is 11.8 Å². The molecule has 0 aliphatic rings. The monoisotopic (exact) mass is 255 g/mol. The van der Waals surface area contributed by atoms with E-state index in [1.807, 2.05) is 34.1 Å². The first kappa shape index (κ1) is 19.4. The third kappa shape index (κ3) is 7.36. The summed E-state index contributed by atoms with van der Waals surface area (Å²) in [6.07, 6.45) is 3.07. The molecule has 0 bridgehead atoms. The molecule has 0 radical (unpaired) electrons. The third-order valence-corrected chi connectivity index (χ3v) is 2.56. The number of nitrogens with zero attached hydrogens (tertiary/aromatic N) is 3. The molecule has 0 saturated carbocycles. The second-order valence-electron chi connectivity index (χ2n) is 4.57. The quantitative estimate of drug-likeness (QED) is 0.559. The molecule has 0 spiro atoms. The average Bonchev–Trinajstić information content (AvgIpc) is 2.35. The van der Waals surface area contributed by atoms with E-state index < -0.39 is 0 Å². The van der Waals surface area contributed by atoms with Gasteiger partial charge in [-0.2, -0.15) is 0 Å². The summed E-state index contributed by atoms with van der Waals surface area (Å²) in [6, 6.07) is 0.525. The highest BCUT2D eigenvalue weighted by molar-refractivity contribution is 5.80. The van der Waals surface area contributed by atoms with Gasteiger partial charge in [-0.05, 0) is 34.1 Å². The summed E-state index contributed by atoms with van der Waals surface area (Å²) in [5.74, 6) is 1.04. The minimum atomic E-state index is 0.525. The average molecular weight is 255 g/mol. The zero-order chi connectivity index (χ0) is 14.7. The van der Waals surface area contributed by atoms with Crippen molar-refractivity contribution in [3.8, 4) is 0 Å². The Labute approximate surface area is 115 Å². The van der Waals surface area contributed by atoms with Crippen LogP contribution in [-0.4, -0.2) is 42.4 Å². The summed E-state index contributed by atoms with van der Waals surface area (Å²) < 4.78 is 0. The first-order chi connectivity index (χ1) is 8.43. The second kappa shape index (κ2) is 11.1. The van der Waals surface area contributed by atoms with Gasteiger partial charge in [0.15, 0.2) is 0 Å². The zero-order valence-electron chi connectivity index (χ0n) is 13.9. The van der Waals surface area contributed by atoms with Gasteiger partial charge in [-0.25, -0.2) is 4.99 Å². The minimum absolute atomic E-state index is 0.525. The van der Waals surface area contributed by atoms with Crippen molar-refractivity contribution in [1.29, 1.82) is 0 Å². The van der Waals surface area contributed by atoms with E-state index in [4.69, 9.17) is 0 Å². The third-order valence-electron chi connectivity index (χ3n) is 2.56. The second-order valence-corrected chi connectivity index (χ2v) is 4.57. The van der Waals surface area contributed by atoms with E-state index in [1.54, 1.807) is 0 Å². The van der Waals surface area contributed by atoms with Crippen LogP contribution in [0.2, 0.25) is 0 Å².